The highest BCUT2D eigenvalue weighted by Gasteiger charge is 2.17. The minimum Gasteiger partial charge on any atom is -0.493 e. The summed E-state index contributed by atoms with van der Waals surface area (Å²) in [6.07, 6.45) is 3.26. The summed E-state index contributed by atoms with van der Waals surface area (Å²) < 4.78 is 34.5. The third kappa shape index (κ3) is 4.52. The minimum absolute atomic E-state index is 0.0880. The zero-order valence-corrected chi connectivity index (χ0v) is 15.5. The highest BCUT2D eigenvalue weighted by Crippen LogP contribution is 2.32. The number of benzene rings is 2. The van der Waals surface area contributed by atoms with Crippen molar-refractivity contribution in [1.82, 2.24) is 4.98 Å². The molecule has 5 nitrogen and oxygen atoms in total. The van der Waals surface area contributed by atoms with Crippen molar-refractivity contribution in [2.24, 2.45) is 0 Å². The molecule has 0 aliphatic heterocycles. The second-order valence-corrected chi connectivity index (χ2v) is 6.55. The van der Waals surface area contributed by atoms with Crippen LogP contribution < -0.4 is 9.47 Å². The van der Waals surface area contributed by atoms with Crippen LogP contribution in [0.5, 0.6) is 11.5 Å². The summed E-state index contributed by atoms with van der Waals surface area (Å²) in [5.41, 5.74) is 1.66. The third-order valence-electron chi connectivity index (χ3n) is 3.71. The number of nitrogens with zero attached hydrogens (tertiary/aromatic N) is 1. The van der Waals surface area contributed by atoms with E-state index in [9.17, 15) is 18.7 Å². The first kappa shape index (κ1) is 19.5. The SMILES string of the molecule is COc1ccc(/C=C/c2nc(-c3ccccc3)c(C(=O)O)s2)cc1OC(F)F. The summed E-state index contributed by atoms with van der Waals surface area (Å²) in [7, 11) is 1.36. The Morgan fingerprint density at radius 3 is 2.54 bits per heavy atom. The first-order chi connectivity index (χ1) is 13.5. The molecule has 144 valence electrons. The van der Waals surface area contributed by atoms with E-state index < -0.39 is 12.6 Å². The summed E-state index contributed by atoms with van der Waals surface area (Å²) >= 11 is 1.03. The maximum Gasteiger partial charge on any atom is 0.387 e. The fourth-order valence-corrected chi connectivity index (χ4v) is 3.33. The number of aromatic carboxylic acids is 1. The van der Waals surface area contributed by atoms with E-state index in [1.165, 1.54) is 19.2 Å². The Bertz CT molecular complexity index is 1000. The highest BCUT2D eigenvalue weighted by molar-refractivity contribution is 7.15. The van der Waals surface area contributed by atoms with Gasteiger partial charge in [-0.3, -0.25) is 0 Å². The lowest BCUT2D eigenvalue weighted by Crippen LogP contribution is -2.03. The molecule has 0 atom stereocenters. The number of rotatable bonds is 7. The van der Waals surface area contributed by atoms with Gasteiger partial charge >= 0.3 is 12.6 Å². The lowest BCUT2D eigenvalue weighted by molar-refractivity contribution is -0.0512. The van der Waals surface area contributed by atoms with Gasteiger partial charge in [0.2, 0.25) is 0 Å². The summed E-state index contributed by atoms with van der Waals surface area (Å²) in [5.74, 6) is -0.964. The van der Waals surface area contributed by atoms with Gasteiger partial charge in [0.05, 0.1) is 12.8 Å². The van der Waals surface area contributed by atoms with E-state index in [2.05, 4.69) is 9.72 Å². The largest absolute Gasteiger partial charge is 0.493 e. The van der Waals surface area contributed by atoms with Gasteiger partial charge in [-0.1, -0.05) is 42.5 Å². The van der Waals surface area contributed by atoms with Crippen molar-refractivity contribution in [2.45, 2.75) is 6.61 Å². The topological polar surface area (TPSA) is 68.7 Å². The monoisotopic (exact) mass is 403 g/mol. The molecule has 28 heavy (non-hydrogen) atoms. The lowest BCUT2D eigenvalue weighted by atomic mass is 10.1. The zero-order valence-electron chi connectivity index (χ0n) is 14.6. The second kappa shape index (κ2) is 8.62. The van der Waals surface area contributed by atoms with Crippen LogP contribution >= 0.6 is 11.3 Å². The summed E-state index contributed by atoms with van der Waals surface area (Å²) in [5, 5.41) is 9.92. The van der Waals surface area contributed by atoms with Crippen molar-refractivity contribution in [2.75, 3.05) is 7.11 Å². The van der Waals surface area contributed by atoms with Crippen molar-refractivity contribution >= 4 is 29.5 Å². The van der Waals surface area contributed by atoms with E-state index in [1.807, 2.05) is 6.07 Å². The van der Waals surface area contributed by atoms with Crippen molar-refractivity contribution in [3.63, 3.8) is 0 Å². The zero-order chi connectivity index (χ0) is 20.1. The summed E-state index contributed by atoms with van der Waals surface area (Å²) in [4.78, 5) is 16.1. The number of carboxylic acid groups (broad SMARTS) is 1. The highest BCUT2D eigenvalue weighted by atomic mass is 32.1. The summed E-state index contributed by atoms with van der Waals surface area (Å²) in [6, 6.07) is 13.6. The molecule has 1 aromatic heterocycles. The molecular weight excluding hydrogens is 388 g/mol. The average molecular weight is 403 g/mol. The number of carbonyl (C=O) groups is 1. The van der Waals surface area contributed by atoms with E-state index in [4.69, 9.17) is 4.74 Å². The van der Waals surface area contributed by atoms with Gasteiger partial charge in [0.25, 0.3) is 0 Å². The lowest BCUT2D eigenvalue weighted by Gasteiger charge is -2.10. The van der Waals surface area contributed by atoms with Gasteiger partial charge in [0.1, 0.15) is 9.88 Å². The van der Waals surface area contributed by atoms with Crippen LogP contribution in [0.1, 0.15) is 20.2 Å². The van der Waals surface area contributed by atoms with Crippen LogP contribution in [-0.2, 0) is 0 Å². The third-order valence-corrected chi connectivity index (χ3v) is 4.72. The Balaban J connectivity index is 1.91. The molecule has 0 unspecified atom stereocenters. The normalized spacial score (nSPS) is 11.1. The Hall–Kier alpha value is -3.26. The predicted octanol–water partition coefficient (Wildman–Crippen LogP) is 5.29. The molecule has 3 rings (SSSR count). The summed E-state index contributed by atoms with van der Waals surface area (Å²) in [6.45, 7) is -2.97. The van der Waals surface area contributed by atoms with E-state index in [0.29, 0.717) is 21.8 Å². The Labute approximate surface area is 163 Å². The Kier molecular flexibility index (Phi) is 6.00. The molecule has 8 heteroatoms. The van der Waals surface area contributed by atoms with Crippen LogP contribution in [0.4, 0.5) is 8.78 Å². The van der Waals surface area contributed by atoms with E-state index in [-0.39, 0.29) is 16.4 Å². The molecule has 0 aliphatic rings. The molecule has 0 spiro atoms. The molecule has 2 aromatic carbocycles. The molecule has 3 aromatic rings. The molecular formula is C20H15F2NO4S. The van der Waals surface area contributed by atoms with Gasteiger partial charge in [-0.05, 0) is 23.8 Å². The number of hydrogen-bond acceptors (Lipinski definition) is 5. The van der Waals surface area contributed by atoms with E-state index in [1.54, 1.807) is 42.5 Å². The van der Waals surface area contributed by atoms with Crippen molar-refractivity contribution in [3.05, 3.63) is 64.0 Å². The van der Waals surface area contributed by atoms with Gasteiger partial charge in [0, 0.05) is 5.56 Å². The van der Waals surface area contributed by atoms with Gasteiger partial charge < -0.3 is 14.6 Å². The number of thiazole rings is 1. The molecule has 0 bridgehead atoms. The van der Waals surface area contributed by atoms with Crippen LogP contribution in [0.3, 0.4) is 0 Å². The van der Waals surface area contributed by atoms with Gasteiger partial charge in [-0.15, -0.1) is 11.3 Å². The molecule has 0 saturated carbocycles. The fourth-order valence-electron chi connectivity index (χ4n) is 2.50. The number of alkyl halides is 2. The smallest absolute Gasteiger partial charge is 0.387 e. The number of ether oxygens (including phenoxy) is 2. The van der Waals surface area contributed by atoms with Crippen molar-refractivity contribution in [3.8, 4) is 22.8 Å². The average Bonchev–Trinajstić information content (AvgIpc) is 3.11. The number of hydrogen-bond donors (Lipinski definition) is 1. The standard InChI is InChI=1S/C20H15F2NO4S/c1-26-14-9-7-12(11-15(14)27-20(21)22)8-10-16-23-17(18(28-16)19(24)25)13-5-3-2-4-6-13/h2-11,20H,1H3,(H,24,25)/b10-8+. The quantitative estimate of drug-likeness (QED) is 0.581. The van der Waals surface area contributed by atoms with Crippen molar-refractivity contribution < 1.29 is 28.2 Å². The van der Waals surface area contributed by atoms with Gasteiger partial charge in [-0.2, -0.15) is 8.78 Å². The molecule has 0 aliphatic carbocycles. The first-order valence-electron chi connectivity index (χ1n) is 8.08. The Morgan fingerprint density at radius 1 is 1.14 bits per heavy atom. The fraction of sp³-hybridized carbons (Fsp3) is 0.100. The van der Waals surface area contributed by atoms with Crippen LogP contribution in [0.15, 0.2) is 48.5 Å². The number of halogens is 2. The Morgan fingerprint density at radius 2 is 1.89 bits per heavy atom. The van der Waals surface area contributed by atoms with Gasteiger partial charge in [0.15, 0.2) is 11.5 Å². The number of methoxy groups -OCH3 is 1. The number of carboxylic acids is 1. The molecule has 0 amide bonds. The minimum atomic E-state index is -2.97. The second-order valence-electron chi connectivity index (χ2n) is 5.52. The first-order valence-corrected chi connectivity index (χ1v) is 8.90. The van der Waals surface area contributed by atoms with E-state index in [0.717, 1.165) is 11.3 Å². The maximum absolute atomic E-state index is 12.5. The van der Waals surface area contributed by atoms with Crippen LogP contribution in [-0.4, -0.2) is 29.8 Å². The van der Waals surface area contributed by atoms with E-state index >= 15 is 0 Å². The molecule has 1 heterocycles. The van der Waals surface area contributed by atoms with Gasteiger partial charge in [-0.25, -0.2) is 9.78 Å². The molecule has 0 radical (unpaired) electrons. The van der Waals surface area contributed by atoms with Crippen LogP contribution in [0.2, 0.25) is 0 Å². The maximum atomic E-state index is 12.5. The van der Waals surface area contributed by atoms with Crippen molar-refractivity contribution in [1.29, 1.82) is 0 Å². The van der Waals surface area contributed by atoms with Crippen LogP contribution in [0.25, 0.3) is 23.4 Å². The molecule has 0 fully saturated rings. The molecule has 1 N–H and O–H groups in total. The number of aromatic nitrogens is 1. The molecule has 0 saturated heterocycles. The predicted molar refractivity (Wildman–Crippen MR) is 103 cm³/mol. The van der Waals surface area contributed by atoms with Crippen LogP contribution in [0, 0.1) is 0 Å².